The number of nitrogens with zero attached hydrogens (tertiary/aromatic N) is 1. The van der Waals surface area contributed by atoms with Crippen LogP contribution in [0.2, 0.25) is 0 Å². The molecule has 3 fully saturated rings. The lowest BCUT2D eigenvalue weighted by Crippen LogP contribution is -2.51. The lowest BCUT2D eigenvalue weighted by Gasteiger charge is -2.51. The minimum absolute atomic E-state index is 0.247. The number of fused-ring (bicyclic) bond motifs is 1. The van der Waals surface area contributed by atoms with E-state index in [1.54, 1.807) is 14.2 Å². The second-order valence-electron chi connectivity index (χ2n) is 8.33. The summed E-state index contributed by atoms with van der Waals surface area (Å²) in [6, 6.07) is 7.16. The van der Waals surface area contributed by atoms with Crippen LogP contribution < -0.4 is 9.47 Å². The van der Waals surface area contributed by atoms with Gasteiger partial charge in [-0.25, -0.2) is 0 Å². The van der Waals surface area contributed by atoms with E-state index in [1.807, 2.05) is 0 Å². The van der Waals surface area contributed by atoms with Crippen molar-refractivity contribution in [2.24, 2.45) is 5.41 Å². The third-order valence-electron chi connectivity index (χ3n) is 7.17. The van der Waals surface area contributed by atoms with E-state index < -0.39 is 0 Å². The maximum Gasteiger partial charge on any atom is 0.161 e. The van der Waals surface area contributed by atoms with Crippen molar-refractivity contribution in [1.82, 2.24) is 4.90 Å². The van der Waals surface area contributed by atoms with E-state index >= 15 is 0 Å². The lowest BCUT2D eigenvalue weighted by atomic mass is 9.57. The normalized spacial score (nSPS) is 35.6. The summed E-state index contributed by atoms with van der Waals surface area (Å²) in [5, 5.41) is 0. The summed E-state index contributed by atoms with van der Waals surface area (Å²) >= 11 is 0. The predicted octanol–water partition coefficient (Wildman–Crippen LogP) is 3.63. The van der Waals surface area contributed by atoms with E-state index in [4.69, 9.17) is 14.2 Å². The Morgan fingerprint density at radius 2 is 1.92 bits per heavy atom. The molecule has 1 spiro atoms. The van der Waals surface area contributed by atoms with Crippen LogP contribution in [-0.4, -0.2) is 52.0 Å². The molecule has 4 rings (SSSR count). The van der Waals surface area contributed by atoms with Gasteiger partial charge in [0, 0.05) is 18.1 Å². The van der Waals surface area contributed by atoms with Crippen LogP contribution in [-0.2, 0) is 10.2 Å². The molecule has 3 aliphatic rings. The first-order valence-corrected chi connectivity index (χ1v) is 9.63. The number of likely N-dealkylation sites (tertiary alicyclic amines) is 1. The molecule has 0 bridgehead atoms. The van der Waals surface area contributed by atoms with Crippen molar-refractivity contribution in [2.75, 3.05) is 41.0 Å². The Morgan fingerprint density at radius 3 is 2.64 bits per heavy atom. The number of methoxy groups -OCH3 is 2. The fraction of sp³-hybridized carbons (Fsp3) is 0.714. The molecule has 2 heterocycles. The number of likely N-dealkylation sites (N-methyl/N-ethyl adjacent to an activating group) is 1. The van der Waals surface area contributed by atoms with Crippen molar-refractivity contribution in [2.45, 2.75) is 50.0 Å². The largest absolute Gasteiger partial charge is 0.493 e. The maximum absolute atomic E-state index is 5.90. The average molecular weight is 345 g/mol. The zero-order chi connectivity index (χ0) is 17.5. The van der Waals surface area contributed by atoms with Crippen molar-refractivity contribution in [3.8, 4) is 11.5 Å². The monoisotopic (exact) mass is 345 g/mol. The van der Waals surface area contributed by atoms with Crippen LogP contribution in [0.4, 0.5) is 0 Å². The molecule has 1 aliphatic carbocycles. The Kier molecular flexibility index (Phi) is 4.45. The molecule has 1 aromatic rings. The smallest absolute Gasteiger partial charge is 0.161 e. The van der Waals surface area contributed by atoms with E-state index in [-0.39, 0.29) is 5.41 Å². The molecule has 4 heteroatoms. The molecular weight excluding hydrogens is 314 g/mol. The van der Waals surface area contributed by atoms with Crippen LogP contribution in [0.5, 0.6) is 11.5 Å². The Hall–Kier alpha value is -1.26. The Balaban J connectivity index is 1.68. The van der Waals surface area contributed by atoms with Gasteiger partial charge in [0.2, 0.25) is 0 Å². The van der Waals surface area contributed by atoms with Gasteiger partial charge >= 0.3 is 0 Å². The predicted molar refractivity (Wildman–Crippen MR) is 98.6 cm³/mol. The summed E-state index contributed by atoms with van der Waals surface area (Å²) in [7, 11) is 5.73. The van der Waals surface area contributed by atoms with Gasteiger partial charge in [0.05, 0.1) is 20.8 Å². The SMILES string of the molecule is COc1ccc(C23CCN(C)C2CC2(CCCOC2)CC3)cc1OC. The van der Waals surface area contributed by atoms with Crippen molar-refractivity contribution in [1.29, 1.82) is 0 Å². The van der Waals surface area contributed by atoms with Crippen LogP contribution in [0.15, 0.2) is 18.2 Å². The van der Waals surface area contributed by atoms with E-state index in [1.165, 1.54) is 50.6 Å². The average Bonchev–Trinajstić information content (AvgIpc) is 2.99. The van der Waals surface area contributed by atoms with Gasteiger partial charge in [-0.1, -0.05) is 6.07 Å². The molecule has 0 radical (unpaired) electrons. The van der Waals surface area contributed by atoms with Crippen LogP contribution in [0.1, 0.15) is 44.1 Å². The van der Waals surface area contributed by atoms with Gasteiger partial charge in [-0.05, 0) is 75.2 Å². The summed E-state index contributed by atoms with van der Waals surface area (Å²) in [5.74, 6) is 1.67. The standard InChI is InChI=1S/C21H31NO3/c1-22-11-10-21(16-5-6-17(23-2)18(13-16)24-3)9-8-20(14-19(21)22)7-4-12-25-15-20/h5-6,13,19H,4,7-12,14-15H2,1-3H3. The van der Waals surface area contributed by atoms with Crippen molar-refractivity contribution >= 4 is 0 Å². The molecule has 0 amide bonds. The molecule has 25 heavy (non-hydrogen) atoms. The van der Waals surface area contributed by atoms with Crippen LogP contribution >= 0.6 is 0 Å². The van der Waals surface area contributed by atoms with Gasteiger partial charge in [-0.15, -0.1) is 0 Å². The Morgan fingerprint density at radius 1 is 1.08 bits per heavy atom. The van der Waals surface area contributed by atoms with E-state index in [2.05, 4.69) is 30.1 Å². The first-order valence-electron chi connectivity index (χ1n) is 9.63. The second-order valence-corrected chi connectivity index (χ2v) is 8.33. The third-order valence-corrected chi connectivity index (χ3v) is 7.17. The number of hydrogen-bond donors (Lipinski definition) is 0. The highest BCUT2D eigenvalue weighted by atomic mass is 16.5. The number of rotatable bonds is 3. The molecule has 1 aromatic carbocycles. The summed E-state index contributed by atoms with van der Waals surface area (Å²) in [6.45, 7) is 3.08. The molecule has 1 saturated carbocycles. The van der Waals surface area contributed by atoms with Crippen molar-refractivity contribution in [3.63, 3.8) is 0 Å². The molecule has 0 aromatic heterocycles. The lowest BCUT2D eigenvalue weighted by molar-refractivity contribution is -0.0546. The molecule has 3 unspecified atom stereocenters. The minimum Gasteiger partial charge on any atom is -0.493 e. The summed E-state index contributed by atoms with van der Waals surface area (Å²) in [6.07, 6.45) is 7.59. The van der Waals surface area contributed by atoms with Gasteiger partial charge in [0.15, 0.2) is 11.5 Å². The molecule has 4 nitrogen and oxygen atoms in total. The third kappa shape index (κ3) is 2.74. The fourth-order valence-electron chi connectivity index (χ4n) is 5.66. The summed E-state index contributed by atoms with van der Waals surface area (Å²) in [5.41, 5.74) is 2.07. The van der Waals surface area contributed by atoms with Crippen LogP contribution in [0.3, 0.4) is 0 Å². The first-order chi connectivity index (χ1) is 12.1. The zero-order valence-electron chi connectivity index (χ0n) is 15.8. The van der Waals surface area contributed by atoms with Gasteiger partial charge in [-0.3, -0.25) is 0 Å². The van der Waals surface area contributed by atoms with Crippen molar-refractivity contribution in [3.05, 3.63) is 23.8 Å². The number of benzene rings is 1. The Bertz CT molecular complexity index is 626. The second kappa shape index (κ2) is 6.48. The van der Waals surface area contributed by atoms with Gasteiger partial charge in [0.25, 0.3) is 0 Å². The molecular formula is C21H31NO3. The molecule has 2 saturated heterocycles. The van der Waals surface area contributed by atoms with Crippen LogP contribution in [0, 0.1) is 5.41 Å². The highest BCUT2D eigenvalue weighted by Gasteiger charge is 2.54. The fourth-order valence-corrected chi connectivity index (χ4v) is 5.66. The highest BCUT2D eigenvalue weighted by molar-refractivity contribution is 5.46. The molecule has 138 valence electrons. The van der Waals surface area contributed by atoms with Gasteiger partial charge < -0.3 is 19.1 Å². The Labute approximate surface area is 151 Å². The topological polar surface area (TPSA) is 30.9 Å². The van der Waals surface area contributed by atoms with Crippen LogP contribution in [0.25, 0.3) is 0 Å². The number of hydrogen-bond acceptors (Lipinski definition) is 4. The summed E-state index contributed by atoms with van der Waals surface area (Å²) in [4.78, 5) is 2.59. The van der Waals surface area contributed by atoms with Gasteiger partial charge in [-0.2, -0.15) is 0 Å². The minimum atomic E-state index is 0.247. The van der Waals surface area contributed by atoms with E-state index in [9.17, 15) is 0 Å². The molecule has 2 aliphatic heterocycles. The summed E-state index contributed by atoms with van der Waals surface area (Å²) < 4.78 is 16.9. The number of ether oxygens (including phenoxy) is 3. The quantitative estimate of drug-likeness (QED) is 0.837. The van der Waals surface area contributed by atoms with Crippen molar-refractivity contribution < 1.29 is 14.2 Å². The highest BCUT2D eigenvalue weighted by Crippen LogP contribution is 2.56. The van der Waals surface area contributed by atoms with E-state index in [0.717, 1.165) is 24.7 Å². The zero-order valence-corrected chi connectivity index (χ0v) is 15.8. The molecule has 3 atom stereocenters. The maximum atomic E-state index is 5.90. The first kappa shape index (κ1) is 17.2. The molecule has 0 N–H and O–H groups in total. The van der Waals surface area contributed by atoms with E-state index in [0.29, 0.717) is 11.5 Å². The van der Waals surface area contributed by atoms with Gasteiger partial charge in [0.1, 0.15) is 0 Å².